The van der Waals surface area contributed by atoms with E-state index in [0.29, 0.717) is 6.10 Å². The molecule has 1 fully saturated rings. The summed E-state index contributed by atoms with van der Waals surface area (Å²) in [5.41, 5.74) is 3.22. The number of aromatic nitrogens is 1. The third kappa shape index (κ3) is 2.60. The molecule has 1 aromatic heterocycles. The number of aromatic amines is 1. The van der Waals surface area contributed by atoms with Crippen molar-refractivity contribution >= 4 is 5.91 Å². The van der Waals surface area contributed by atoms with Crippen LogP contribution in [0.25, 0.3) is 0 Å². The minimum absolute atomic E-state index is 0.140. The maximum atomic E-state index is 12.5. The lowest BCUT2D eigenvalue weighted by molar-refractivity contribution is 0.0658. The minimum Gasteiger partial charge on any atom is -0.381 e. The Morgan fingerprint density at radius 2 is 2.10 bits per heavy atom. The molecule has 3 rings (SSSR count). The van der Waals surface area contributed by atoms with E-state index in [0.717, 1.165) is 51.1 Å². The molecule has 1 N–H and O–H groups in total. The van der Waals surface area contributed by atoms with Crippen LogP contribution in [0, 0.1) is 0 Å². The highest BCUT2D eigenvalue weighted by Gasteiger charge is 2.25. The van der Waals surface area contributed by atoms with Crippen molar-refractivity contribution in [2.75, 3.05) is 40.3 Å². The van der Waals surface area contributed by atoms with Crippen molar-refractivity contribution in [3.63, 3.8) is 0 Å². The van der Waals surface area contributed by atoms with Gasteiger partial charge in [-0.3, -0.25) is 4.79 Å². The number of piperazine rings is 1. The normalized spacial score (nSPS) is 23.7. The van der Waals surface area contributed by atoms with Crippen LogP contribution in [0.1, 0.15) is 28.2 Å². The summed E-state index contributed by atoms with van der Waals surface area (Å²) in [4.78, 5) is 20.1. The molecule has 1 amide bonds. The summed E-state index contributed by atoms with van der Waals surface area (Å²) in [7, 11) is 3.86. The molecule has 0 bridgehead atoms. The number of amides is 1. The fourth-order valence-corrected chi connectivity index (χ4v) is 3.09. The Bertz CT molecular complexity index is 489. The van der Waals surface area contributed by atoms with Gasteiger partial charge in [0, 0.05) is 45.4 Å². The number of rotatable bonds is 2. The number of methoxy groups -OCH3 is 1. The van der Waals surface area contributed by atoms with Gasteiger partial charge in [0.05, 0.1) is 6.10 Å². The Kier molecular flexibility index (Phi) is 3.81. The summed E-state index contributed by atoms with van der Waals surface area (Å²) < 4.78 is 5.43. The highest BCUT2D eigenvalue weighted by Crippen LogP contribution is 2.24. The summed E-state index contributed by atoms with van der Waals surface area (Å²) in [5.74, 6) is 0.140. The molecule has 0 spiro atoms. The van der Waals surface area contributed by atoms with Gasteiger partial charge in [0.25, 0.3) is 5.91 Å². The standard InChI is InChI=1S/C15H23N3O2/c1-17-5-7-18(8-6-17)15(19)14-10-11-9-12(20-2)3-4-13(11)16-14/h10,12,16H,3-9H2,1-2H3. The molecule has 20 heavy (non-hydrogen) atoms. The van der Waals surface area contributed by atoms with Gasteiger partial charge in [-0.15, -0.1) is 0 Å². The van der Waals surface area contributed by atoms with Crippen molar-refractivity contribution in [1.29, 1.82) is 0 Å². The van der Waals surface area contributed by atoms with Crippen molar-refractivity contribution in [2.45, 2.75) is 25.4 Å². The fraction of sp³-hybridized carbons (Fsp3) is 0.667. The van der Waals surface area contributed by atoms with Crippen LogP contribution in [0.5, 0.6) is 0 Å². The van der Waals surface area contributed by atoms with E-state index < -0.39 is 0 Å². The Labute approximate surface area is 119 Å². The first-order valence-electron chi connectivity index (χ1n) is 7.38. The average Bonchev–Trinajstić information content (AvgIpc) is 2.90. The number of hydrogen-bond donors (Lipinski definition) is 1. The predicted molar refractivity (Wildman–Crippen MR) is 77.0 cm³/mol. The maximum Gasteiger partial charge on any atom is 0.270 e. The number of nitrogens with one attached hydrogen (secondary N) is 1. The molecule has 0 aromatic carbocycles. The van der Waals surface area contributed by atoms with Crippen LogP contribution in [0.15, 0.2) is 6.07 Å². The molecule has 1 atom stereocenters. The quantitative estimate of drug-likeness (QED) is 0.874. The summed E-state index contributed by atoms with van der Waals surface area (Å²) >= 11 is 0. The van der Waals surface area contributed by atoms with Crippen molar-refractivity contribution in [1.82, 2.24) is 14.8 Å². The van der Waals surface area contributed by atoms with Gasteiger partial charge in [0.2, 0.25) is 0 Å². The van der Waals surface area contributed by atoms with Gasteiger partial charge in [-0.2, -0.15) is 0 Å². The third-order valence-electron chi connectivity index (χ3n) is 4.51. The van der Waals surface area contributed by atoms with E-state index in [1.807, 2.05) is 11.0 Å². The largest absolute Gasteiger partial charge is 0.381 e. The number of nitrogens with zero attached hydrogens (tertiary/aromatic N) is 2. The number of ether oxygens (including phenoxy) is 1. The zero-order valence-electron chi connectivity index (χ0n) is 12.3. The molecule has 2 heterocycles. The zero-order valence-corrected chi connectivity index (χ0v) is 12.3. The maximum absolute atomic E-state index is 12.5. The van der Waals surface area contributed by atoms with Crippen LogP contribution >= 0.6 is 0 Å². The first kappa shape index (κ1) is 13.6. The smallest absolute Gasteiger partial charge is 0.270 e. The van der Waals surface area contributed by atoms with E-state index in [2.05, 4.69) is 16.9 Å². The van der Waals surface area contributed by atoms with Crippen LogP contribution in [-0.4, -0.2) is 67.1 Å². The molecule has 5 heteroatoms. The molecule has 1 aliphatic heterocycles. The molecular weight excluding hydrogens is 254 g/mol. The molecule has 0 saturated carbocycles. The van der Waals surface area contributed by atoms with E-state index in [1.165, 1.54) is 11.3 Å². The van der Waals surface area contributed by atoms with Gasteiger partial charge in [-0.1, -0.05) is 0 Å². The number of fused-ring (bicyclic) bond motifs is 1. The molecule has 1 aliphatic carbocycles. The molecule has 0 radical (unpaired) electrons. The Morgan fingerprint density at radius 1 is 1.35 bits per heavy atom. The second kappa shape index (κ2) is 5.58. The number of aryl methyl sites for hydroxylation is 1. The second-order valence-corrected chi connectivity index (χ2v) is 5.88. The highest BCUT2D eigenvalue weighted by atomic mass is 16.5. The Hall–Kier alpha value is -1.33. The first-order valence-corrected chi connectivity index (χ1v) is 7.38. The first-order chi connectivity index (χ1) is 9.67. The molecule has 1 unspecified atom stereocenters. The van der Waals surface area contributed by atoms with Crippen LogP contribution < -0.4 is 0 Å². The monoisotopic (exact) mass is 277 g/mol. The van der Waals surface area contributed by atoms with Gasteiger partial charge >= 0.3 is 0 Å². The van der Waals surface area contributed by atoms with Crippen LogP contribution in [0.4, 0.5) is 0 Å². The molecule has 2 aliphatic rings. The molecule has 5 nitrogen and oxygen atoms in total. The topological polar surface area (TPSA) is 48.6 Å². The van der Waals surface area contributed by atoms with Gasteiger partial charge in [-0.25, -0.2) is 0 Å². The van der Waals surface area contributed by atoms with E-state index >= 15 is 0 Å². The van der Waals surface area contributed by atoms with Crippen LogP contribution in [0.3, 0.4) is 0 Å². The lowest BCUT2D eigenvalue weighted by Gasteiger charge is -2.32. The summed E-state index contributed by atoms with van der Waals surface area (Å²) in [6.07, 6.45) is 3.22. The van der Waals surface area contributed by atoms with Gasteiger partial charge < -0.3 is 19.5 Å². The van der Waals surface area contributed by atoms with Crippen LogP contribution in [-0.2, 0) is 17.6 Å². The second-order valence-electron chi connectivity index (χ2n) is 5.88. The highest BCUT2D eigenvalue weighted by molar-refractivity contribution is 5.93. The lowest BCUT2D eigenvalue weighted by atomic mass is 9.95. The lowest BCUT2D eigenvalue weighted by Crippen LogP contribution is -2.47. The van der Waals surface area contributed by atoms with E-state index in [1.54, 1.807) is 7.11 Å². The number of H-pyrrole nitrogens is 1. The zero-order chi connectivity index (χ0) is 14.1. The van der Waals surface area contributed by atoms with Crippen molar-refractivity contribution in [2.24, 2.45) is 0 Å². The molecule has 1 saturated heterocycles. The number of carbonyl (C=O) groups excluding carboxylic acids is 1. The summed E-state index contributed by atoms with van der Waals surface area (Å²) in [5, 5.41) is 0. The molecule has 1 aromatic rings. The predicted octanol–water partition coefficient (Wildman–Crippen LogP) is 0.906. The van der Waals surface area contributed by atoms with Crippen molar-refractivity contribution in [3.8, 4) is 0 Å². The van der Waals surface area contributed by atoms with Crippen molar-refractivity contribution in [3.05, 3.63) is 23.0 Å². The average molecular weight is 277 g/mol. The number of hydrogen-bond acceptors (Lipinski definition) is 3. The summed E-state index contributed by atoms with van der Waals surface area (Å²) in [6.45, 7) is 3.55. The molecule has 110 valence electrons. The SMILES string of the molecule is COC1CCc2[nH]c(C(=O)N3CCN(C)CC3)cc2C1. The third-order valence-corrected chi connectivity index (χ3v) is 4.51. The van der Waals surface area contributed by atoms with Gasteiger partial charge in [-0.05, 0) is 31.5 Å². The summed E-state index contributed by atoms with van der Waals surface area (Å²) in [6, 6.07) is 2.03. The van der Waals surface area contributed by atoms with Gasteiger partial charge in [0.15, 0.2) is 0 Å². The van der Waals surface area contributed by atoms with E-state index in [-0.39, 0.29) is 5.91 Å². The Morgan fingerprint density at radius 3 is 2.80 bits per heavy atom. The number of carbonyl (C=O) groups is 1. The Balaban J connectivity index is 1.72. The van der Waals surface area contributed by atoms with Gasteiger partial charge in [0.1, 0.15) is 5.69 Å². The van der Waals surface area contributed by atoms with E-state index in [9.17, 15) is 4.79 Å². The van der Waals surface area contributed by atoms with E-state index in [4.69, 9.17) is 4.74 Å². The van der Waals surface area contributed by atoms with Crippen LogP contribution in [0.2, 0.25) is 0 Å². The minimum atomic E-state index is 0.140. The molecular formula is C15H23N3O2. The fourth-order valence-electron chi connectivity index (χ4n) is 3.09. The number of likely N-dealkylation sites (N-methyl/N-ethyl adjacent to an activating group) is 1. The van der Waals surface area contributed by atoms with Crippen molar-refractivity contribution < 1.29 is 9.53 Å².